The van der Waals surface area contributed by atoms with Crippen molar-refractivity contribution in [2.75, 3.05) is 6.61 Å². The van der Waals surface area contributed by atoms with Crippen LogP contribution in [0.1, 0.15) is 35.6 Å². The zero-order chi connectivity index (χ0) is 16.2. The average Bonchev–Trinajstić information content (AvgIpc) is 2.55. The van der Waals surface area contributed by atoms with Crippen molar-refractivity contribution in [2.45, 2.75) is 39.5 Å². The summed E-state index contributed by atoms with van der Waals surface area (Å²) in [6.45, 7) is 8.73. The summed E-state index contributed by atoms with van der Waals surface area (Å²) in [4.78, 5) is 0. The number of aryl methyl sites for hydroxylation is 2. The molecule has 2 nitrogen and oxygen atoms in total. The van der Waals surface area contributed by atoms with Gasteiger partial charge in [-0.2, -0.15) is 5.26 Å². The third-order valence-electron chi connectivity index (χ3n) is 4.38. The van der Waals surface area contributed by atoms with E-state index in [-0.39, 0.29) is 0 Å². The molecule has 0 aromatic heterocycles. The van der Waals surface area contributed by atoms with Gasteiger partial charge in [0, 0.05) is 6.42 Å². The molecule has 0 radical (unpaired) electrons. The Hall–Kier alpha value is -2.27. The van der Waals surface area contributed by atoms with Crippen molar-refractivity contribution in [1.82, 2.24) is 0 Å². The lowest BCUT2D eigenvalue weighted by Crippen LogP contribution is -2.23. The first-order valence-electron chi connectivity index (χ1n) is 7.64. The van der Waals surface area contributed by atoms with E-state index in [1.54, 1.807) is 0 Å². The van der Waals surface area contributed by atoms with Crippen LogP contribution in [0.2, 0.25) is 0 Å². The first-order chi connectivity index (χ1) is 10.5. The van der Waals surface area contributed by atoms with Crippen molar-refractivity contribution in [3.63, 3.8) is 0 Å². The van der Waals surface area contributed by atoms with E-state index in [9.17, 15) is 5.26 Å². The summed E-state index contributed by atoms with van der Waals surface area (Å²) in [5, 5.41) is 9.58. The first kappa shape index (κ1) is 16.1. The Morgan fingerprint density at radius 3 is 2.27 bits per heavy atom. The molecule has 0 fully saturated rings. The molecule has 0 spiro atoms. The van der Waals surface area contributed by atoms with E-state index in [1.165, 1.54) is 11.1 Å². The van der Waals surface area contributed by atoms with Crippen LogP contribution in [0.3, 0.4) is 0 Å². The van der Waals surface area contributed by atoms with Gasteiger partial charge in [-0.1, -0.05) is 42.5 Å². The van der Waals surface area contributed by atoms with E-state index in [0.717, 1.165) is 16.9 Å². The van der Waals surface area contributed by atoms with E-state index in [1.807, 2.05) is 37.3 Å². The minimum atomic E-state index is -0.521. The Morgan fingerprint density at radius 2 is 1.64 bits per heavy atom. The molecule has 114 valence electrons. The van der Waals surface area contributed by atoms with Gasteiger partial charge in [-0.05, 0) is 49.9 Å². The van der Waals surface area contributed by atoms with E-state index in [4.69, 9.17) is 4.74 Å². The molecule has 0 saturated carbocycles. The molecule has 0 bridgehead atoms. The van der Waals surface area contributed by atoms with Crippen molar-refractivity contribution in [2.24, 2.45) is 0 Å². The minimum absolute atomic E-state index is 0.521. The smallest absolute Gasteiger partial charge is 0.125 e. The van der Waals surface area contributed by atoms with Gasteiger partial charge in [0.2, 0.25) is 0 Å². The summed E-state index contributed by atoms with van der Waals surface area (Å²) in [6, 6.07) is 16.6. The van der Waals surface area contributed by atoms with Gasteiger partial charge in [0.25, 0.3) is 0 Å². The third-order valence-corrected chi connectivity index (χ3v) is 4.38. The summed E-state index contributed by atoms with van der Waals surface area (Å²) >= 11 is 0. The number of nitriles is 1. The van der Waals surface area contributed by atoms with Crippen LogP contribution in [0.25, 0.3) is 0 Å². The van der Waals surface area contributed by atoms with Gasteiger partial charge in [-0.15, -0.1) is 0 Å². The molecule has 0 aliphatic heterocycles. The lowest BCUT2D eigenvalue weighted by Gasteiger charge is -2.23. The molecule has 22 heavy (non-hydrogen) atoms. The highest BCUT2D eigenvalue weighted by Crippen LogP contribution is 2.29. The second kappa shape index (κ2) is 6.66. The van der Waals surface area contributed by atoms with Crippen molar-refractivity contribution in [3.8, 4) is 11.8 Å². The maximum Gasteiger partial charge on any atom is 0.125 e. The number of nitrogens with zero attached hydrogens (tertiary/aromatic N) is 1. The van der Waals surface area contributed by atoms with Gasteiger partial charge in [0.05, 0.1) is 18.1 Å². The first-order valence-corrected chi connectivity index (χ1v) is 7.64. The van der Waals surface area contributed by atoms with Crippen LogP contribution < -0.4 is 4.74 Å². The summed E-state index contributed by atoms with van der Waals surface area (Å²) in [6.07, 6.45) is 0.667. The Kier molecular flexibility index (Phi) is 4.88. The number of hydrogen-bond acceptors (Lipinski definition) is 2. The molecule has 2 aromatic rings. The van der Waals surface area contributed by atoms with Crippen LogP contribution in [0, 0.1) is 32.1 Å². The van der Waals surface area contributed by atoms with Crippen LogP contribution in [0.4, 0.5) is 0 Å². The molecule has 0 heterocycles. The molecular formula is C20H23NO. The van der Waals surface area contributed by atoms with Crippen LogP contribution >= 0.6 is 0 Å². The van der Waals surface area contributed by atoms with Gasteiger partial charge in [-0.3, -0.25) is 0 Å². The van der Waals surface area contributed by atoms with Crippen LogP contribution in [-0.2, 0) is 5.41 Å². The summed E-state index contributed by atoms with van der Waals surface area (Å²) in [5.74, 6) is 0.952. The third kappa shape index (κ3) is 3.31. The largest absolute Gasteiger partial charge is 0.493 e. The van der Waals surface area contributed by atoms with E-state index in [0.29, 0.717) is 13.0 Å². The molecule has 0 aliphatic carbocycles. The Balaban J connectivity index is 2.11. The fourth-order valence-electron chi connectivity index (χ4n) is 2.58. The molecule has 2 heteroatoms. The standard InChI is InChI=1S/C20H23NO/c1-15-10-11-16(2)19(17(15)3)22-13-12-20(4,14-21)18-8-6-5-7-9-18/h5-11H,12-13H2,1-4H3. The van der Waals surface area contributed by atoms with Crippen LogP contribution in [-0.4, -0.2) is 6.61 Å². The summed E-state index contributed by atoms with van der Waals surface area (Å²) in [5.41, 5.74) is 4.07. The SMILES string of the molecule is Cc1ccc(C)c(OCCC(C)(C#N)c2ccccc2)c1C. The minimum Gasteiger partial charge on any atom is -0.493 e. The lowest BCUT2D eigenvalue weighted by atomic mass is 9.81. The molecule has 0 N–H and O–H groups in total. The average molecular weight is 293 g/mol. The lowest BCUT2D eigenvalue weighted by molar-refractivity contribution is 0.282. The molecule has 0 amide bonds. The highest BCUT2D eigenvalue weighted by atomic mass is 16.5. The second-order valence-electron chi connectivity index (χ2n) is 6.06. The van der Waals surface area contributed by atoms with Crippen molar-refractivity contribution >= 4 is 0 Å². The highest BCUT2D eigenvalue weighted by Gasteiger charge is 2.26. The van der Waals surface area contributed by atoms with Gasteiger partial charge in [0.1, 0.15) is 5.75 Å². The number of benzene rings is 2. The monoisotopic (exact) mass is 293 g/mol. The predicted molar refractivity (Wildman–Crippen MR) is 90.2 cm³/mol. The molecule has 2 rings (SSSR count). The molecule has 0 saturated heterocycles. The maximum absolute atomic E-state index is 9.58. The quantitative estimate of drug-likeness (QED) is 0.788. The molecule has 1 atom stereocenters. The second-order valence-corrected chi connectivity index (χ2v) is 6.06. The summed E-state index contributed by atoms with van der Waals surface area (Å²) in [7, 11) is 0. The molecule has 2 aromatic carbocycles. The Morgan fingerprint density at radius 1 is 1.00 bits per heavy atom. The van der Waals surface area contributed by atoms with E-state index in [2.05, 4.69) is 39.0 Å². The Bertz CT molecular complexity index is 685. The predicted octanol–water partition coefficient (Wildman–Crippen LogP) is 4.86. The van der Waals surface area contributed by atoms with Crippen LogP contribution in [0.15, 0.2) is 42.5 Å². The molecule has 0 aliphatic rings. The number of ether oxygens (including phenoxy) is 1. The number of rotatable bonds is 5. The van der Waals surface area contributed by atoms with Gasteiger partial charge in [0.15, 0.2) is 0 Å². The summed E-state index contributed by atoms with van der Waals surface area (Å²) < 4.78 is 6.02. The fourth-order valence-corrected chi connectivity index (χ4v) is 2.58. The van der Waals surface area contributed by atoms with E-state index < -0.39 is 5.41 Å². The van der Waals surface area contributed by atoms with Gasteiger partial charge in [-0.25, -0.2) is 0 Å². The Labute approximate surface area is 133 Å². The normalized spacial score (nSPS) is 13.2. The molecular weight excluding hydrogens is 270 g/mol. The topological polar surface area (TPSA) is 33.0 Å². The van der Waals surface area contributed by atoms with Gasteiger partial charge >= 0.3 is 0 Å². The fraction of sp³-hybridized carbons (Fsp3) is 0.350. The van der Waals surface area contributed by atoms with Crippen molar-refractivity contribution in [1.29, 1.82) is 5.26 Å². The van der Waals surface area contributed by atoms with Crippen LogP contribution in [0.5, 0.6) is 5.75 Å². The zero-order valence-electron chi connectivity index (χ0n) is 13.8. The van der Waals surface area contributed by atoms with Gasteiger partial charge < -0.3 is 4.74 Å². The molecule has 1 unspecified atom stereocenters. The number of hydrogen-bond donors (Lipinski definition) is 0. The van der Waals surface area contributed by atoms with Crippen molar-refractivity contribution in [3.05, 3.63) is 64.7 Å². The maximum atomic E-state index is 9.58. The van der Waals surface area contributed by atoms with E-state index >= 15 is 0 Å². The van der Waals surface area contributed by atoms with Crippen molar-refractivity contribution < 1.29 is 4.74 Å². The highest BCUT2D eigenvalue weighted by molar-refractivity contribution is 5.44. The zero-order valence-corrected chi connectivity index (χ0v) is 13.8.